The SMILES string of the molecule is CCCCCCCCCCCCCCC(CNCCCC[C@H](NCC(CCCCCCCCCCCCCC)OCCOCCOCCN=[N+]=[N-])C(=O)O)OCCOCCOCCN=[N+]=[N-]. The number of ether oxygens (including phenoxy) is 6. The van der Waals surface area contributed by atoms with Crippen molar-refractivity contribution in [1.29, 1.82) is 0 Å². The van der Waals surface area contributed by atoms with Gasteiger partial charge in [-0.1, -0.05) is 185 Å². The molecule has 388 valence electrons. The fourth-order valence-electron chi connectivity index (χ4n) is 7.85. The first kappa shape index (κ1) is 63.8. The molecule has 0 radical (unpaired) electrons. The van der Waals surface area contributed by atoms with Gasteiger partial charge in [-0.15, -0.1) is 0 Å². The maximum atomic E-state index is 12.3. The molecule has 0 saturated heterocycles. The Balaban J connectivity index is 4.72. The molecule has 0 aromatic carbocycles. The number of carbonyl (C=O) groups is 1. The molecule has 0 bridgehead atoms. The summed E-state index contributed by atoms with van der Waals surface area (Å²) in [5, 5.41) is 23.9. The highest BCUT2D eigenvalue weighted by molar-refractivity contribution is 5.73. The Morgan fingerprint density at radius 3 is 1.21 bits per heavy atom. The first-order valence-corrected chi connectivity index (χ1v) is 26.8. The van der Waals surface area contributed by atoms with Gasteiger partial charge in [-0.3, -0.25) is 4.79 Å². The zero-order valence-electron chi connectivity index (χ0n) is 42.3. The molecule has 0 fully saturated rings. The van der Waals surface area contributed by atoms with Crippen LogP contribution < -0.4 is 10.6 Å². The maximum absolute atomic E-state index is 12.3. The Hall–Kier alpha value is -2.23. The predicted molar refractivity (Wildman–Crippen MR) is 268 cm³/mol. The van der Waals surface area contributed by atoms with E-state index in [1.807, 2.05) is 0 Å². The van der Waals surface area contributed by atoms with Gasteiger partial charge in [-0.05, 0) is 43.3 Å². The molecule has 0 spiro atoms. The summed E-state index contributed by atoms with van der Waals surface area (Å²) < 4.78 is 34.7. The van der Waals surface area contributed by atoms with Crippen molar-refractivity contribution in [2.45, 2.75) is 218 Å². The smallest absolute Gasteiger partial charge is 0.320 e. The average molecular weight is 941 g/mol. The van der Waals surface area contributed by atoms with Gasteiger partial charge in [0.1, 0.15) is 6.04 Å². The maximum Gasteiger partial charge on any atom is 0.320 e. The second kappa shape index (κ2) is 55.4. The number of azide groups is 2. The Morgan fingerprint density at radius 1 is 0.470 bits per heavy atom. The number of unbranched alkanes of at least 4 members (excludes halogenated alkanes) is 23. The molecule has 0 aliphatic heterocycles. The van der Waals surface area contributed by atoms with Crippen LogP contribution in [-0.2, 0) is 33.2 Å². The van der Waals surface area contributed by atoms with Crippen molar-refractivity contribution < 1.29 is 38.3 Å². The van der Waals surface area contributed by atoms with Crippen molar-refractivity contribution in [2.24, 2.45) is 10.2 Å². The van der Waals surface area contributed by atoms with Gasteiger partial charge in [0.25, 0.3) is 0 Å². The topological polar surface area (TPSA) is 214 Å². The van der Waals surface area contributed by atoms with E-state index in [4.69, 9.17) is 39.5 Å². The molecule has 16 nitrogen and oxygen atoms in total. The van der Waals surface area contributed by atoms with Gasteiger partial charge < -0.3 is 44.2 Å². The molecule has 0 aliphatic carbocycles. The summed E-state index contributed by atoms with van der Waals surface area (Å²) in [5.74, 6) is -0.825. The summed E-state index contributed by atoms with van der Waals surface area (Å²) in [5.41, 5.74) is 16.7. The van der Waals surface area contributed by atoms with E-state index in [1.54, 1.807) is 0 Å². The van der Waals surface area contributed by atoms with E-state index in [-0.39, 0.29) is 12.2 Å². The van der Waals surface area contributed by atoms with Crippen molar-refractivity contribution in [3.63, 3.8) is 0 Å². The van der Waals surface area contributed by atoms with Crippen LogP contribution >= 0.6 is 0 Å². The molecular weight excluding hydrogens is 841 g/mol. The normalized spacial score (nSPS) is 12.8. The van der Waals surface area contributed by atoms with Crippen LogP contribution in [0.2, 0.25) is 0 Å². The van der Waals surface area contributed by atoms with Crippen LogP contribution in [0.1, 0.15) is 200 Å². The molecule has 0 heterocycles. The Bertz CT molecular complexity index is 1100. The average Bonchev–Trinajstić information content (AvgIpc) is 3.32. The molecule has 3 N–H and O–H groups in total. The number of nitrogens with zero attached hydrogens (tertiary/aromatic N) is 6. The Kier molecular flexibility index (Phi) is 53.5. The highest BCUT2D eigenvalue weighted by Crippen LogP contribution is 2.16. The lowest BCUT2D eigenvalue weighted by molar-refractivity contribution is -0.139. The molecule has 3 atom stereocenters. The summed E-state index contributed by atoms with van der Waals surface area (Å²) >= 11 is 0. The summed E-state index contributed by atoms with van der Waals surface area (Å²) in [6, 6.07) is -0.629. The number of nitrogens with one attached hydrogen (secondary N) is 2. The minimum atomic E-state index is -0.825. The molecule has 0 rings (SSSR count). The lowest BCUT2D eigenvalue weighted by Crippen LogP contribution is -2.42. The highest BCUT2D eigenvalue weighted by atomic mass is 16.6. The molecule has 66 heavy (non-hydrogen) atoms. The number of hydrogen-bond donors (Lipinski definition) is 3. The van der Waals surface area contributed by atoms with Crippen LogP contribution in [0.25, 0.3) is 20.9 Å². The Labute approximate surface area is 402 Å². The molecule has 0 amide bonds. The van der Waals surface area contributed by atoms with Crippen LogP contribution in [0.5, 0.6) is 0 Å². The molecule has 0 saturated carbocycles. The summed E-state index contributed by atoms with van der Waals surface area (Å²) in [6.45, 7) is 11.6. The first-order valence-electron chi connectivity index (χ1n) is 26.8. The third-order valence-electron chi connectivity index (χ3n) is 11.8. The fourth-order valence-corrected chi connectivity index (χ4v) is 7.85. The number of carboxylic acids is 1. The van der Waals surface area contributed by atoms with Crippen molar-refractivity contribution in [2.75, 3.05) is 98.8 Å². The van der Waals surface area contributed by atoms with Gasteiger partial charge in [0.2, 0.25) is 0 Å². The molecule has 0 aromatic rings. The minimum Gasteiger partial charge on any atom is -0.480 e. The van der Waals surface area contributed by atoms with E-state index in [2.05, 4.69) is 44.5 Å². The lowest BCUT2D eigenvalue weighted by atomic mass is 10.0. The van der Waals surface area contributed by atoms with E-state index in [9.17, 15) is 9.90 Å². The number of rotatable bonds is 57. The fraction of sp³-hybridized carbons (Fsp3) is 0.980. The lowest BCUT2D eigenvalue weighted by Gasteiger charge is -2.22. The quantitative estimate of drug-likeness (QED) is 0.0227. The van der Waals surface area contributed by atoms with E-state index in [0.717, 1.165) is 58.0 Å². The van der Waals surface area contributed by atoms with Gasteiger partial charge >= 0.3 is 5.97 Å². The Morgan fingerprint density at radius 2 is 0.818 bits per heavy atom. The highest BCUT2D eigenvalue weighted by Gasteiger charge is 2.19. The minimum absolute atomic E-state index is 0.0866. The van der Waals surface area contributed by atoms with Crippen molar-refractivity contribution in [1.82, 2.24) is 10.6 Å². The molecule has 0 aromatic heterocycles. The van der Waals surface area contributed by atoms with Crippen LogP contribution in [-0.4, -0.2) is 128 Å². The van der Waals surface area contributed by atoms with Crippen LogP contribution in [0.15, 0.2) is 10.2 Å². The predicted octanol–water partition coefficient (Wildman–Crippen LogP) is 12.4. The number of aliphatic carboxylic acids is 1. The largest absolute Gasteiger partial charge is 0.480 e. The number of carboxylic acid groups (broad SMARTS) is 1. The van der Waals surface area contributed by atoms with Gasteiger partial charge in [0.15, 0.2) is 0 Å². The molecule has 16 heteroatoms. The van der Waals surface area contributed by atoms with Crippen molar-refractivity contribution in [3.05, 3.63) is 20.9 Å². The monoisotopic (exact) mass is 941 g/mol. The molecule has 2 unspecified atom stereocenters. The second-order valence-corrected chi connectivity index (χ2v) is 17.7. The zero-order valence-corrected chi connectivity index (χ0v) is 42.3. The molecular formula is C50H100N8O8. The second-order valence-electron chi connectivity index (χ2n) is 17.7. The standard InChI is InChI=1S/C50H100N8O8/c1-3-5-7-9-11-13-15-17-19-21-23-25-29-47(65-43-41-63-39-37-61-35-33-55-57-51)45-53-32-28-27-31-49(50(59)60)54-46-48(66-44-42-64-40-38-62-36-34-56-58-52)30-26-24-22-20-18-16-14-12-10-8-6-4-2/h47-49,53-54H,3-46H2,1-2H3,(H,59,60)/t47?,48?,49-/m0/s1. The van der Waals surface area contributed by atoms with Crippen molar-refractivity contribution in [3.8, 4) is 0 Å². The van der Waals surface area contributed by atoms with Crippen LogP contribution in [0.4, 0.5) is 0 Å². The van der Waals surface area contributed by atoms with Crippen molar-refractivity contribution >= 4 is 5.97 Å². The summed E-state index contributed by atoms with van der Waals surface area (Å²) in [6.07, 6.45) is 35.4. The summed E-state index contributed by atoms with van der Waals surface area (Å²) in [7, 11) is 0. The van der Waals surface area contributed by atoms with Gasteiger partial charge in [0, 0.05) is 36.0 Å². The molecule has 0 aliphatic rings. The van der Waals surface area contributed by atoms with E-state index >= 15 is 0 Å². The summed E-state index contributed by atoms with van der Waals surface area (Å²) in [4.78, 5) is 17.8. The zero-order chi connectivity index (χ0) is 47.9. The van der Waals surface area contributed by atoms with E-state index in [1.165, 1.54) is 135 Å². The third kappa shape index (κ3) is 49.7. The van der Waals surface area contributed by atoms with Crippen LogP contribution in [0, 0.1) is 0 Å². The van der Waals surface area contributed by atoms with E-state index in [0.29, 0.717) is 92.1 Å². The third-order valence-corrected chi connectivity index (χ3v) is 11.8. The van der Waals surface area contributed by atoms with Gasteiger partial charge in [-0.25, -0.2) is 0 Å². The first-order chi connectivity index (χ1) is 32.6. The number of hydrogen-bond acceptors (Lipinski definition) is 11. The van der Waals surface area contributed by atoms with Gasteiger partial charge in [-0.2, -0.15) is 0 Å². The van der Waals surface area contributed by atoms with Gasteiger partial charge in [0.05, 0.1) is 78.3 Å². The van der Waals surface area contributed by atoms with E-state index < -0.39 is 12.0 Å². The van der Waals surface area contributed by atoms with Crippen LogP contribution in [0.3, 0.4) is 0 Å².